The maximum atomic E-state index is 14.8. The van der Waals surface area contributed by atoms with Gasteiger partial charge in [0.05, 0.1) is 11.1 Å². The predicted octanol–water partition coefficient (Wildman–Crippen LogP) is 7.08. The average molecular weight is 676 g/mol. The Morgan fingerprint density at radius 3 is 1.21 bits per heavy atom. The lowest BCUT2D eigenvalue weighted by Crippen LogP contribution is -2.54. The van der Waals surface area contributed by atoms with Crippen molar-refractivity contribution in [3.05, 3.63) is 51.6 Å². The predicted molar refractivity (Wildman–Crippen MR) is 158 cm³/mol. The quantitative estimate of drug-likeness (QED) is 0.113. The third kappa shape index (κ3) is 5.06. The van der Waals surface area contributed by atoms with Gasteiger partial charge in [-0.05, 0) is 126 Å². The second kappa shape index (κ2) is 11.0. The number of benzene rings is 1. The fraction of sp³-hybridized carbons (Fsp3) is 0.639. The van der Waals surface area contributed by atoms with E-state index in [0.717, 1.165) is 38.5 Å². The monoisotopic (exact) mass is 675 g/mol. The lowest BCUT2D eigenvalue weighted by atomic mass is 9.54. The molecular formula is C36H38F5NO6. The molecule has 258 valence electrons. The summed E-state index contributed by atoms with van der Waals surface area (Å²) in [6.07, 6.45) is 10.4. The first kappa shape index (κ1) is 31.8. The molecule has 0 aromatic heterocycles. The van der Waals surface area contributed by atoms with E-state index >= 15 is 0 Å². The van der Waals surface area contributed by atoms with Crippen LogP contribution in [0.5, 0.6) is 5.75 Å². The zero-order valence-electron chi connectivity index (χ0n) is 26.9. The molecule has 1 aliphatic heterocycles. The van der Waals surface area contributed by atoms with Crippen LogP contribution >= 0.6 is 0 Å². The molecule has 10 rings (SSSR count). The van der Waals surface area contributed by atoms with Gasteiger partial charge in [-0.1, -0.05) is 0 Å². The molecule has 0 atom stereocenters. The van der Waals surface area contributed by atoms with E-state index in [0.29, 0.717) is 74.0 Å². The molecule has 1 aromatic rings. The summed E-state index contributed by atoms with van der Waals surface area (Å²) in [6, 6.07) is 0. The molecule has 0 radical (unpaired) electrons. The Hall–Kier alpha value is -3.44. The van der Waals surface area contributed by atoms with Crippen molar-refractivity contribution >= 4 is 17.9 Å². The second-order valence-corrected chi connectivity index (χ2v) is 15.9. The lowest BCUT2D eigenvalue weighted by molar-refractivity contribution is -0.184. The molecule has 1 aromatic carbocycles. The molecule has 8 fully saturated rings. The van der Waals surface area contributed by atoms with Crippen molar-refractivity contribution in [2.45, 2.75) is 102 Å². The first-order chi connectivity index (χ1) is 22.7. The molecule has 0 amide bonds. The number of hydrogen-bond acceptors (Lipinski definition) is 7. The van der Waals surface area contributed by atoms with Gasteiger partial charge in [-0.3, -0.25) is 4.79 Å². The van der Waals surface area contributed by atoms with Gasteiger partial charge in [0.2, 0.25) is 34.8 Å². The SMILES string of the molecule is CC1=C(C(=O)OC23CC4CC(CC(C4)C2)C3)C(C(=O)Oc2c(F)c(F)c(F)c(F)c2F)C(C(=O)OC23CC4CC(CC(C4)C2)C3)=C(C)N1. The van der Waals surface area contributed by atoms with E-state index in [1.165, 1.54) is 13.8 Å². The van der Waals surface area contributed by atoms with Crippen LogP contribution < -0.4 is 10.1 Å². The highest BCUT2D eigenvalue weighted by atomic mass is 19.2. The van der Waals surface area contributed by atoms with Crippen LogP contribution in [0, 0.1) is 70.5 Å². The summed E-state index contributed by atoms with van der Waals surface area (Å²) < 4.78 is 89.0. The van der Waals surface area contributed by atoms with Crippen molar-refractivity contribution in [1.29, 1.82) is 0 Å². The van der Waals surface area contributed by atoms with Crippen LogP contribution in [0.3, 0.4) is 0 Å². The van der Waals surface area contributed by atoms with E-state index in [-0.39, 0.29) is 22.5 Å². The van der Waals surface area contributed by atoms with E-state index in [4.69, 9.17) is 14.2 Å². The summed E-state index contributed by atoms with van der Waals surface area (Å²) in [6.45, 7) is 2.97. The van der Waals surface area contributed by atoms with Crippen LogP contribution in [-0.4, -0.2) is 29.1 Å². The molecule has 0 spiro atoms. The van der Waals surface area contributed by atoms with Crippen LogP contribution in [0.25, 0.3) is 0 Å². The molecule has 12 heteroatoms. The Kier molecular flexibility index (Phi) is 7.31. The number of rotatable bonds is 6. The molecule has 8 bridgehead atoms. The zero-order valence-corrected chi connectivity index (χ0v) is 26.9. The summed E-state index contributed by atoms with van der Waals surface area (Å²) >= 11 is 0. The van der Waals surface area contributed by atoms with E-state index in [9.17, 15) is 36.3 Å². The summed E-state index contributed by atoms with van der Waals surface area (Å²) in [4.78, 5) is 42.4. The molecule has 48 heavy (non-hydrogen) atoms. The van der Waals surface area contributed by atoms with Gasteiger partial charge >= 0.3 is 17.9 Å². The van der Waals surface area contributed by atoms with E-state index in [1.807, 2.05) is 0 Å². The van der Waals surface area contributed by atoms with Crippen LogP contribution in [0.1, 0.15) is 90.9 Å². The topological polar surface area (TPSA) is 90.9 Å². The number of esters is 3. The minimum absolute atomic E-state index is 0.132. The summed E-state index contributed by atoms with van der Waals surface area (Å²) in [5.41, 5.74) is -1.91. The second-order valence-electron chi connectivity index (χ2n) is 15.9. The number of halogens is 5. The first-order valence-corrected chi connectivity index (χ1v) is 17.1. The summed E-state index contributed by atoms with van der Waals surface area (Å²) in [7, 11) is 0. The highest BCUT2D eigenvalue weighted by Crippen LogP contribution is 2.59. The van der Waals surface area contributed by atoms with Gasteiger partial charge in [0.25, 0.3) is 0 Å². The van der Waals surface area contributed by atoms with Crippen molar-refractivity contribution in [1.82, 2.24) is 5.32 Å². The summed E-state index contributed by atoms with van der Waals surface area (Å²) in [5.74, 6) is -16.4. The minimum Gasteiger partial charge on any atom is -0.456 e. The highest BCUT2D eigenvalue weighted by molar-refractivity contribution is 6.06. The van der Waals surface area contributed by atoms with E-state index in [2.05, 4.69) is 5.32 Å². The molecule has 7 nitrogen and oxygen atoms in total. The normalized spacial score (nSPS) is 37.5. The van der Waals surface area contributed by atoms with Crippen LogP contribution in [-0.2, 0) is 23.9 Å². The standard InChI is InChI=1S/C36H38F5NO6/c1-15-23(33(44)47-35-9-17-3-18(10-35)5-19(4-17)11-35)25(32(43)46-31-29(40)27(38)26(37)28(39)30(31)41)24(16(2)42-15)34(45)48-36-12-20-6-21(13-36)8-22(7-20)14-36/h17-22,25,42H,3-14H2,1-2H3. The van der Waals surface area contributed by atoms with Gasteiger partial charge in [0.15, 0.2) is 0 Å². The van der Waals surface area contributed by atoms with E-state index in [1.54, 1.807) is 0 Å². The summed E-state index contributed by atoms with van der Waals surface area (Å²) in [5, 5.41) is 2.99. The van der Waals surface area contributed by atoms with Crippen molar-refractivity contribution in [2.75, 3.05) is 0 Å². The number of allylic oxidation sites excluding steroid dienone is 2. The smallest absolute Gasteiger partial charge is 0.337 e. The first-order valence-electron chi connectivity index (χ1n) is 17.1. The number of hydrogen-bond donors (Lipinski definition) is 1. The average Bonchev–Trinajstić information content (AvgIpc) is 2.98. The molecule has 9 aliphatic rings. The molecule has 0 saturated heterocycles. The van der Waals surface area contributed by atoms with Crippen molar-refractivity contribution in [3.63, 3.8) is 0 Å². The third-order valence-corrected chi connectivity index (χ3v) is 12.4. The largest absolute Gasteiger partial charge is 0.456 e. The van der Waals surface area contributed by atoms with Gasteiger partial charge in [0, 0.05) is 11.4 Å². The Bertz CT molecular complexity index is 1520. The van der Waals surface area contributed by atoms with Crippen molar-refractivity contribution in [2.24, 2.45) is 41.4 Å². The maximum absolute atomic E-state index is 14.8. The minimum atomic E-state index is -2.42. The molecule has 1 N–H and O–H groups in total. The fourth-order valence-electron chi connectivity index (χ4n) is 11.4. The molecule has 1 heterocycles. The molecular weight excluding hydrogens is 637 g/mol. The number of nitrogens with one attached hydrogen (secondary N) is 1. The molecule has 0 unspecified atom stereocenters. The van der Waals surface area contributed by atoms with Crippen LogP contribution in [0.2, 0.25) is 0 Å². The molecule has 8 saturated carbocycles. The Labute approximate surface area is 274 Å². The number of carbonyl (C=O) groups is 3. The van der Waals surface area contributed by atoms with Crippen LogP contribution in [0.4, 0.5) is 22.0 Å². The van der Waals surface area contributed by atoms with Crippen molar-refractivity contribution < 1.29 is 50.5 Å². The number of carbonyl (C=O) groups excluding carboxylic acids is 3. The molecule has 8 aliphatic carbocycles. The number of ether oxygens (including phenoxy) is 3. The van der Waals surface area contributed by atoms with Gasteiger partial charge in [0.1, 0.15) is 17.1 Å². The Morgan fingerprint density at radius 1 is 0.562 bits per heavy atom. The number of dihydropyridines is 1. The van der Waals surface area contributed by atoms with Gasteiger partial charge < -0.3 is 19.5 Å². The van der Waals surface area contributed by atoms with E-state index < -0.39 is 69.9 Å². The Morgan fingerprint density at radius 2 is 0.875 bits per heavy atom. The highest BCUT2D eigenvalue weighted by Gasteiger charge is 2.56. The lowest BCUT2D eigenvalue weighted by Gasteiger charge is -2.56. The fourth-order valence-corrected chi connectivity index (χ4v) is 11.4. The van der Waals surface area contributed by atoms with Gasteiger partial charge in [-0.15, -0.1) is 0 Å². The van der Waals surface area contributed by atoms with Crippen LogP contribution in [0.15, 0.2) is 22.5 Å². The zero-order chi connectivity index (χ0) is 33.9. The van der Waals surface area contributed by atoms with Gasteiger partial charge in [-0.2, -0.15) is 8.78 Å². The Balaban J connectivity index is 1.15. The van der Waals surface area contributed by atoms with Crippen molar-refractivity contribution in [3.8, 4) is 5.75 Å². The third-order valence-electron chi connectivity index (χ3n) is 12.4. The maximum Gasteiger partial charge on any atom is 0.337 e. The van der Waals surface area contributed by atoms with Gasteiger partial charge in [-0.25, -0.2) is 22.8 Å².